The summed E-state index contributed by atoms with van der Waals surface area (Å²) in [5, 5.41) is 8.96. The molecule has 2 aliphatic heterocycles. The van der Waals surface area contributed by atoms with Crippen LogP contribution >= 0.6 is 0 Å². The van der Waals surface area contributed by atoms with Crippen LogP contribution in [0.4, 0.5) is 0 Å². The number of hydrogen-bond acceptors (Lipinski definition) is 5. The van der Waals surface area contributed by atoms with E-state index in [0.29, 0.717) is 38.9 Å². The second-order valence-corrected chi connectivity index (χ2v) is 7.43. The van der Waals surface area contributed by atoms with Gasteiger partial charge in [-0.05, 0) is 38.5 Å². The van der Waals surface area contributed by atoms with E-state index in [2.05, 4.69) is 0 Å². The second-order valence-electron chi connectivity index (χ2n) is 5.55. The van der Waals surface area contributed by atoms with E-state index in [-0.39, 0.29) is 19.1 Å². The standard InChI is InChI=1S/C13H24N2O5S/c1-2-20-13(17)12-4-3-7-15(12)21(18,19)14-8-5-11(10-14)6-9-16/h11-12,16H,2-10H2,1H3. The van der Waals surface area contributed by atoms with Gasteiger partial charge in [-0.1, -0.05) is 0 Å². The zero-order valence-corrected chi connectivity index (χ0v) is 13.2. The molecule has 8 heteroatoms. The summed E-state index contributed by atoms with van der Waals surface area (Å²) in [5.74, 6) is -0.252. The third-order valence-corrected chi connectivity index (χ3v) is 6.18. The Morgan fingerprint density at radius 1 is 1.33 bits per heavy atom. The Hall–Kier alpha value is -0.700. The minimum Gasteiger partial charge on any atom is -0.465 e. The minimum atomic E-state index is -3.62. The molecule has 0 aromatic carbocycles. The van der Waals surface area contributed by atoms with Crippen molar-refractivity contribution < 1.29 is 23.1 Å². The van der Waals surface area contributed by atoms with E-state index in [4.69, 9.17) is 9.84 Å². The fourth-order valence-corrected chi connectivity index (χ4v) is 4.97. The van der Waals surface area contributed by atoms with Crippen LogP contribution in [-0.2, 0) is 19.7 Å². The first-order valence-electron chi connectivity index (χ1n) is 7.55. The highest BCUT2D eigenvalue weighted by Gasteiger charge is 2.44. The Balaban J connectivity index is 2.06. The van der Waals surface area contributed by atoms with Gasteiger partial charge in [0.2, 0.25) is 0 Å². The highest BCUT2D eigenvalue weighted by Crippen LogP contribution is 2.29. The maximum absolute atomic E-state index is 12.7. The molecule has 2 atom stereocenters. The lowest BCUT2D eigenvalue weighted by Gasteiger charge is -2.27. The molecule has 0 aromatic heterocycles. The number of carbonyl (C=O) groups excluding carboxylic acids is 1. The SMILES string of the molecule is CCOC(=O)C1CCCN1S(=O)(=O)N1CCC(CCO)C1. The van der Waals surface area contributed by atoms with Gasteiger partial charge < -0.3 is 9.84 Å². The molecule has 2 unspecified atom stereocenters. The molecule has 2 aliphatic rings. The van der Waals surface area contributed by atoms with E-state index >= 15 is 0 Å². The minimum absolute atomic E-state index is 0.0771. The maximum atomic E-state index is 12.7. The molecule has 7 nitrogen and oxygen atoms in total. The molecule has 2 fully saturated rings. The number of ether oxygens (including phenoxy) is 1. The monoisotopic (exact) mass is 320 g/mol. The zero-order valence-electron chi connectivity index (χ0n) is 12.4. The third kappa shape index (κ3) is 3.56. The summed E-state index contributed by atoms with van der Waals surface area (Å²) in [6, 6.07) is -0.688. The number of hydrogen-bond donors (Lipinski definition) is 1. The molecule has 0 bridgehead atoms. The van der Waals surface area contributed by atoms with Gasteiger partial charge in [0.15, 0.2) is 0 Å². The van der Waals surface area contributed by atoms with Crippen LogP contribution in [0.15, 0.2) is 0 Å². The summed E-state index contributed by atoms with van der Waals surface area (Å²) in [5.41, 5.74) is 0. The summed E-state index contributed by atoms with van der Waals surface area (Å²) in [6.07, 6.45) is 2.58. The molecule has 1 N–H and O–H groups in total. The number of rotatable bonds is 6. The lowest BCUT2D eigenvalue weighted by molar-refractivity contribution is -0.146. The molecule has 21 heavy (non-hydrogen) atoms. The molecule has 0 spiro atoms. The van der Waals surface area contributed by atoms with Gasteiger partial charge in [-0.3, -0.25) is 4.79 Å². The third-order valence-electron chi connectivity index (χ3n) is 4.17. The van der Waals surface area contributed by atoms with Crippen molar-refractivity contribution in [2.45, 2.75) is 38.6 Å². The van der Waals surface area contributed by atoms with E-state index in [1.54, 1.807) is 6.92 Å². The molecule has 0 amide bonds. The van der Waals surface area contributed by atoms with Crippen LogP contribution in [0.1, 0.15) is 32.6 Å². The van der Waals surface area contributed by atoms with Crippen molar-refractivity contribution >= 4 is 16.2 Å². The molecule has 0 aliphatic carbocycles. The Labute approximate surface area is 126 Å². The molecule has 0 radical (unpaired) electrons. The molecule has 2 saturated heterocycles. The molecule has 2 rings (SSSR count). The lowest BCUT2D eigenvalue weighted by atomic mass is 10.1. The van der Waals surface area contributed by atoms with Crippen molar-refractivity contribution in [3.8, 4) is 0 Å². The first kappa shape index (κ1) is 16.7. The fraction of sp³-hybridized carbons (Fsp3) is 0.923. The average Bonchev–Trinajstić information content (AvgIpc) is 3.08. The Morgan fingerprint density at radius 3 is 2.76 bits per heavy atom. The first-order chi connectivity index (χ1) is 10.0. The number of aliphatic hydroxyl groups excluding tert-OH is 1. The van der Waals surface area contributed by atoms with Crippen LogP contribution in [0, 0.1) is 5.92 Å². The Morgan fingerprint density at radius 2 is 2.10 bits per heavy atom. The van der Waals surface area contributed by atoms with E-state index in [0.717, 1.165) is 6.42 Å². The predicted molar refractivity (Wildman–Crippen MR) is 76.7 cm³/mol. The van der Waals surface area contributed by atoms with Crippen molar-refractivity contribution in [1.29, 1.82) is 0 Å². The summed E-state index contributed by atoms with van der Waals surface area (Å²) in [6.45, 7) is 3.30. The highest BCUT2D eigenvalue weighted by atomic mass is 32.2. The topological polar surface area (TPSA) is 87.2 Å². The number of aliphatic hydroxyl groups is 1. The van der Waals surface area contributed by atoms with Crippen LogP contribution in [0.25, 0.3) is 0 Å². The van der Waals surface area contributed by atoms with Gasteiger partial charge in [0.25, 0.3) is 10.2 Å². The largest absolute Gasteiger partial charge is 0.465 e. The van der Waals surface area contributed by atoms with Crippen LogP contribution in [0.2, 0.25) is 0 Å². The van der Waals surface area contributed by atoms with Crippen LogP contribution in [0.5, 0.6) is 0 Å². The summed E-state index contributed by atoms with van der Waals surface area (Å²) in [4.78, 5) is 11.9. The van der Waals surface area contributed by atoms with Crippen molar-refractivity contribution in [3.63, 3.8) is 0 Å². The number of nitrogens with zero attached hydrogens (tertiary/aromatic N) is 2. The van der Waals surface area contributed by atoms with E-state index in [9.17, 15) is 13.2 Å². The second kappa shape index (κ2) is 7.04. The normalized spacial score (nSPS) is 28.1. The molecule has 0 aromatic rings. The van der Waals surface area contributed by atoms with Gasteiger partial charge in [-0.2, -0.15) is 17.0 Å². The Kier molecular flexibility index (Phi) is 5.59. The fourth-order valence-electron chi connectivity index (χ4n) is 3.06. The van der Waals surface area contributed by atoms with Crippen LogP contribution < -0.4 is 0 Å². The first-order valence-corrected chi connectivity index (χ1v) is 8.94. The van der Waals surface area contributed by atoms with Gasteiger partial charge in [0.1, 0.15) is 6.04 Å². The van der Waals surface area contributed by atoms with Gasteiger partial charge in [-0.15, -0.1) is 0 Å². The predicted octanol–water partition coefficient (Wildman–Crippen LogP) is -0.0370. The maximum Gasteiger partial charge on any atom is 0.324 e. The van der Waals surface area contributed by atoms with Crippen LogP contribution in [0.3, 0.4) is 0 Å². The molecule has 122 valence electrons. The average molecular weight is 320 g/mol. The smallest absolute Gasteiger partial charge is 0.324 e. The van der Waals surface area contributed by atoms with Gasteiger partial charge in [0.05, 0.1) is 6.61 Å². The van der Waals surface area contributed by atoms with E-state index in [1.807, 2.05) is 0 Å². The van der Waals surface area contributed by atoms with Gasteiger partial charge >= 0.3 is 5.97 Å². The molecular formula is C13H24N2O5S. The van der Waals surface area contributed by atoms with Crippen molar-refractivity contribution in [1.82, 2.24) is 8.61 Å². The highest BCUT2D eigenvalue weighted by molar-refractivity contribution is 7.86. The molecular weight excluding hydrogens is 296 g/mol. The Bertz CT molecular complexity index is 467. The van der Waals surface area contributed by atoms with Crippen molar-refractivity contribution in [2.75, 3.05) is 32.8 Å². The van der Waals surface area contributed by atoms with Gasteiger partial charge in [-0.25, -0.2) is 0 Å². The summed E-state index contributed by atoms with van der Waals surface area (Å²) < 4.78 is 33.1. The van der Waals surface area contributed by atoms with Crippen LogP contribution in [-0.4, -0.2) is 67.0 Å². The molecule has 0 saturated carbocycles. The number of esters is 1. The van der Waals surface area contributed by atoms with Gasteiger partial charge in [0, 0.05) is 26.2 Å². The lowest BCUT2D eigenvalue weighted by Crippen LogP contribution is -2.48. The van der Waals surface area contributed by atoms with Crippen molar-refractivity contribution in [3.05, 3.63) is 0 Å². The number of carbonyl (C=O) groups is 1. The van der Waals surface area contributed by atoms with Crippen molar-refractivity contribution in [2.24, 2.45) is 5.92 Å². The summed E-state index contributed by atoms with van der Waals surface area (Å²) in [7, 11) is -3.62. The van der Waals surface area contributed by atoms with E-state index < -0.39 is 22.2 Å². The molecule has 2 heterocycles. The zero-order chi connectivity index (χ0) is 15.5. The summed E-state index contributed by atoms with van der Waals surface area (Å²) >= 11 is 0. The van der Waals surface area contributed by atoms with E-state index in [1.165, 1.54) is 8.61 Å². The quantitative estimate of drug-likeness (QED) is 0.694.